The molecule has 0 N–H and O–H groups in total. The standard InChI is InChI=1S/C21H16N2O2/c1-15(25)17-11-20(19-10-6-5-7-16(19)12-22)21(14-24)23(13-17)18-8-3-2-4-9-18/h2-11,13-14,21H,1H3. The van der Waals surface area contributed by atoms with Gasteiger partial charge in [-0.2, -0.15) is 5.26 Å². The van der Waals surface area contributed by atoms with Crippen LogP contribution >= 0.6 is 0 Å². The molecule has 2 aromatic rings. The summed E-state index contributed by atoms with van der Waals surface area (Å²) in [7, 11) is 0. The quantitative estimate of drug-likeness (QED) is 0.806. The highest BCUT2D eigenvalue weighted by Crippen LogP contribution is 2.33. The van der Waals surface area contributed by atoms with E-state index in [9.17, 15) is 14.9 Å². The van der Waals surface area contributed by atoms with Crippen LogP contribution in [0.3, 0.4) is 0 Å². The van der Waals surface area contributed by atoms with Crippen LogP contribution in [-0.2, 0) is 9.59 Å². The molecule has 2 aromatic carbocycles. The molecule has 0 fully saturated rings. The third-order valence-electron chi connectivity index (χ3n) is 4.16. The zero-order chi connectivity index (χ0) is 17.8. The second-order valence-corrected chi connectivity index (χ2v) is 5.72. The number of para-hydroxylation sites is 1. The second kappa shape index (κ2) is 6.98. The fraction of sp³-hybridized carbons (Fsp3) is 0.0952. The normalized spacial score (nSPS) is 16.5. The van der Waals surface area contributed by atoms with E-state index in [2.05, 4.69) is 6.07 Å². The van der Waals surface area contributed by atoms with E-state index in [4.69, 9.17) is 0 Å². The largest absolute Gasteiger partial charge is 0.333 e. The summed E-state index contributed by atoms with van der Waals surface area (Å²) < 4.78 is 0. The van der Waals surface area contributed by atoms with Crippen LogP contribution in [0, 0.1) is 11.3 Å². The summed E-state index contributed by atoms with van der Waals surface area (Å²) in [5, 5.41) is 9.41. The molecule has 0 saturated carbocycles. The Morgan fingerprint density at radius 3 is 2.44 bits per heavy atom. The minimum absolute atomic E-state index is 0.0998. The van der Waals surface area contributed by atoms with Gasteiger partial charge in [0.2, 0.25) is 0 Å². The van der Waals surface area contributed by atoms with Crippen molar-refractivity contribution in [1.82, 2.24) is 0 Å². The number of allylic oxidation sites excluding steroid dienone is 2. The number of anilines is 1. The summed E-state index contributed by atoms with van der Waals surface area (Å²) in [6.07, 6.45) is 4.23. The number of carbonyl (C=O) groups is 2. The average Bonchev–Trinajstić information content (AvgIpc) is 2.67. The first-order valence-electron chi connectivity index (χ1n) is 7.88. The summed E-state index contributed by atoms with van der Waals surface area (Å²) in [5.74, 6) is -0.0998. The predicted molar refractivity (Wildman–Crippen MR) is 96.7 cm³/mol. The minimum atomic E-state index is -0.611. The van der Waals surface area contributed by atoms with E-state index in [-0.39, 0.29) is 5.78 Å². The first-order valence-corrected chi connectivity index (χ1v) is 7.88. The van der Waals surface area contributed by atoms with E-state index in [1.54, 1.807) is 35.4 Å². The van der Waals surface area contributed by atoms with Gasteiger partial charge in [0.05, 0.1) is 11.6 Å². The molecule has 4 heteroatoms. The molecule has 0 radical (unpaired) electrons. The van der Waals surface area contributed by atoms with Gasteiger partial charge in [0, 0.05) is 17.5 Å². The van der Waals surface area contributed by atoms with Crippen molar-refractivity contribution >= 4 is 23.3 Å². The van der Waals surface area contributed by atoms with Gasteiger partial charge in [-0.25, -0.2) is 0 Å². The Labute approximate surface area is 146 Å². The summed E-state index contributed by atoms with van der Waals surface area (Å²) in [4.78, 5) is 25.7. The zero-order valence-corrected chi connectivity index (χ0v) is 13.7. The molecule has 122 valence electrons. The fourth-order valence-electron chi connectivity index (χ4n) is 2.91. The molecule has 1 aliphatic rings. The lowest BCUT2D eigenvalue weighted by Gasteiger charge is -2.33. The zero-order valence-electron chi connectivity index (χ0n) is 13.7. The van der Waals surface area contributed by atoms with Crippen LogP contribution in [-0.4, -0.2) is 18.1 Å². The number of Topliss-reactive ketones (excluding diaryl/α,β-unsaturated/α-hetero) is 1. The number of benzene rings is 2. The molecule has 0 bridgehead atoms. The number of hydrogen-bond donors (Lipinski definition) is 0. The summed E-state index contributed by atoms with van der Waals surface area (Å²) in [5.41, 5.74) is 3.07. The van der Waals surface area contributed by atoms with Gasteiger partial charge in [0.25, 0.3) is 0 Å². The summed E-state index contributed by atoms with van der Waals surface area (Å²) >= 11 is 0. The lowest BCUT2D eigenvalue weighted by atomic mass is 9.89. The van der Waals surface area contributed by atoms with E-state index in [1.807, 2.05) is 36.4 Å². The van der Waals surface area contributed by atoms with Crippen molar-refractivity contribution in [3.8, 4) is 6.07 Å². The van der Waals surface area contributed by atoms with Gasteiger partial charge >= 0.3 is 0 Å². The molecule has 0 spiro atoms. The lowest BCUT2D eigenvalue weighted by Crippen LogP contribution is -2.36. The summed E-state index contributed by atoms with van der Waals surface area (Å²) in [6.45, 7) is 1.49. The topological polar surface area (TPSA) is 61.2 Å². The highest BCUT2D eigenvalue weighted by molar-refractivity contribution is 6.03. The van der Waals surface area contributed by atoms with Gasteiger partial charge in [-0.15, -0.1) is 0 Å². The van der Waals surface area contributed by atoms with Crippen molar-refractivity contribution in [1.29, 1.82) is 5.26 Å². The van der Waals surface area contributed by atoms with Gasteiger partial charge in [-0.3, -0.25) is 4.79 Å². The lowest BCUT2D eigenvalue weighted by molar-refractivity contribution is -0.113. The average molecular weight is 328 g/mol. The van der Waals surface area contributed by atoms with Crippen LogP contribution in [0.5, 0.6) is 0 Å². The molecule has 0 aromatic heterocycles. The van der Waals surface area contributed by atoms with Crippen LogP contribution in [0.2, 0.25) is 0 Å². The molecule has 1 atom stereocenters. The van der Waals surface area contributed by atoms with E-state index >= 15 is 0 Å². The molecule has 0 saturated heterocycles. The predicted octanol–water partition coefficient (Wildman–Crippen LogP) is 3.50. The molecular weight excluding hydrogens is 312 g/mol. The third kappa shape index (κ3) is 3.13. The smallest absolute Gasteiger partial charge is 0.161 e. The molecule has 1 unspecified atom stereocenters. The van der Waals surface area contributed by atoms with E-state index < -0.39 is 6.04 Å². The second-order valence-electron chi connectivity index (χ2n) is 5.72. The molecule has 0 amide bonds. The molecule has 1 heterocycles. The van der Waals surface area contributed by atoms with Gasteiger partial charge in [0.15, 0.2) is 5.78 Å². The van der Waals surface area contributed by atoms with Gasteiger partial charge in [-0.1, -0.05) is 36.4 Å². The Hall–Kier alpha value is -3.45. The number of nitriles is 1. The first kappa shape index (κ1) is 16.4. The van der Waals surface area contributed by atoms with Crippen LogP contribution in [0.4, 0.5) is 5.69 Å². The SMILES string of the molecule is CC(=O)C1=CN(c2ccccc2)C(C=O)C(c2ccccc2C#N)=C1. The van der Waals surface area contributed by atoms with Crippen LogP contribution in [0.15, 0.2) is 72.4 Å². The first-order chi connectivity index (χ1) is 12.2. The van der Waals surface area contributed by atoms with Gasteiger partial charge < -0.3 is 9.69 Å². The van der Waals surface area contributed by atoms with Gasteiger partial charge in [0.1, 0.15) is 12.3 Å². The maximum atomic E-state index is 12.0. The molecule has 4 nitrogen and oxygen atoms in total. The maximum absolute atomic E-state index is 12.0. The highest BCUT2D eigenvalue weighted by atomic mass is 16.1. The van der Waals surface area contributed by atoms with Crippen molar-refractivity contribution in [2.75, 3.05) is 4.90 Å². The van der Waals surface area contributed by atoms with E-state index in [0.29, 0.717) is 22.3 Å². The Bertz CT molecular complexity index is 920. The molecular formula is C21H16N2O2. The highest BCUT2D eigenvalue weighted by Gasteiger charge is 2.28. The Balaban J connectivity index is 2.20. The van der Waals surface area contributed by atoms with E-state index in [1.165, 1.54) is 6.92 Å². The molecule has 25 heavy (non-hydrogen) atoms. The Morgan fingerprint density at radius 1 is 1.12 bits per heavy atom. The van der Waals surface area contributed by atoms with E-state index in [0.717, 1.165) is 12.0 Å². The number of aldehydes is 1. The van der Waals surface area contributed by atoms with Crippen molar-refractivity contribution in [2.45, 2.75) is 13.0 Å². The molecule has 0 aliphatic carbocycles. The number of rotatable bonds is 4. The van der Waals surface area contributed by atoms with Crippen molar-refractivity contribution < 1.29 is 9.59 Å². The number of carbonyl (C=O) groups excluding carboxylic acids is 2. The Morgan fingerprint density at radius 2 is 1.80 bits per heavy atom. The van der Waals surface area contributed by atoms with Crippen molar-refractivity contribution in [3.63, 3.8) is 0 Å². The maximum Gasteiger partial charge on any atom is 0.161 e. The molecule has 3 rings (SSSR count). The fourth-order valence-corrected chi connectivity index (χ4v) is 2.91. The number of hydrogen-bond acceptors (Lipinski definition) is 4. The van der Waals surface area contributed by atoms with Crippen molar-refractivity contribution in [3.05, 3.63) is 83.6 Å². The molecule has 1 aliphatic heterocycles. The monoisotopic (exact) mass is 328 g/mol. The number of nitrogens with zero attached hydrogens (tertiary/aromatic N) is 2. The van der Waals surface area contributed by atoms with Gasteiger partial charge in [-0.05, 0) is 42.3 Å². The van der Waals surface area contributed by atoms with Crippen LogP contribution in [0.25, 0.3) is 5.57 Å². The Kier molecular flexibility index (Phi) is 4.58. The minimum Gasteiger partial charge on any atom is -0.333 e. The number of ketones is 1. The van der Waals surface area contributed by atoms with Crippen LogP contribution in [0.1, 0.15) is 18.1 Å². The summed E-state index contributed by atoms with van der Waals surface area (Å²) in [6, 6.07) is 18.0. The van der Waals surface area contributed by atoms with Crippen molar-refractivity contribution in [2.24, 2.45) is 0 Å². The van der Waals surface area contributed by atoms with Crippen LogP contribution < -0.4 is 4.90 Å². The third-order valence-corrected chi connectivity index (χ3v) is 4.16.